The highest BCUT2D eigenvalue weighted by Gasteiger charge is 2.30. The molecule has 0 bridgehead atoms. The lowest BCUT2D eigenvalue weighted by atomic mass is 10.1. The van der Waals surface area contributed by atoms with Crippen LogP contribution in [0.5, 0.6) is 11.5 Å². The molecule has 1 amide bonds. The van der Waals surface area contributed by atoms with E-state index in [0.29, 0.717) is 23.0 Å². The Morgan fingerprint density at radius 3 is 2.71 bits per heavy atom. The molecule has 1 aliphatic heterocycles. The zero-order chi connectivity index (χ0) is 19.7. The number of amides is 1. The minimum Gasteiger partial charge on any atom is -0.493 e. The van der Waals surface area contributed by atoms with Crippen molar-refractivity contribution < 1.29 is 18.8 Å². The first-order valence-electron chi connectivity index (χ1n) is 9.18. The van der Waals surface area contributed by atoms with E-state index in [-0.39, 0.29) is 18.4 Å². The van der Waals surface area contributed by atoms with Crippen LogP contribution in [0.1, 0.15) is 18.2 Å². The summed E-state index contributed by atoms with van der Waals surface area (Å²) in [6, 6.07) is 15.5. The van der Waals surface area contributed by atoms with Crippen LogP contribution in [0.25, 0.3) is 11.3 Å². The van der Waals surface area contributed by atoms with Crippen molar-refractivity contribution in [3.05, 3.63) is 59.8 Å². The van der Waals surface area contributed by atoms with Crippen LogP contribution in [0.2, 0.25) is 0 Å². The van der Waals surface area contributed by atoms with Gasteiger partial charge in [0.25, 0.3) is 0 Å². The first-order valence-corrected chi connectivity index (χ1v) is 9.18. The van der Waals surface area contributed by atoms with Crippen LogP contribution >= 0.6 is 0 Å². The van der Waals surface area contributed by atoms with E-state index in [1.165, 1.54) is 5.56 Å². The smallest absolute Gasteiger partial charge is 0.233 e. The Labute approximate surface area is 163 Å². The zero-order valence-electron chi connectivity index (χ0n) is 16.1. The first-order chi connectivity index (χ1) is 13.6. The number of aromatic nitrogens is 1. The van der Waals surface area contributed by atoms with Crippen molar-refractivity contribution in [3.63, 3.8) is 0 Å². The zero-order valence-corrected chi connectivity index (χ0v) is 16.1. The second-order valence-corrected chi connectivity index (χ2v) is 6.87. The Morgan fingerprint density at radius 2 is 1.93 bits per heavy atom. The van der Waals surface area contributed by atoms with Gasteiger partial charge in [0.15, 0.2) is 17.3 Å². The molecule has 6 heteroatoms. The fraction of sp³-hybridized carbons (Fsp3) is 0.273. The predicted molar refractivity (Wildman–Crippen MR) is 106 cm³/mol. The lowest BCUT2D eigenvalue weighted by Crippen LogP contribution is -2.36. The van der Waals surface area contributed by atoms with Crippen molar-refractivity contribution in [1.29, 1.82) is 0 Å². The summed E-state index contributed by atoms with van der Waals surface area (Å²) in [6.07, 6.45) is 1.06. The van der Waals surface area contributed by atoms with E-state index in [1.54, 1.807) is 20.3 Å². The van der Waals surface area contributed by atoms with Gasteiger partial charge < -0.3 is 18.9 Å². The van der Waals surface area contributed by atoms with E-state index in [0.717, 1.165) is 17.7 Å². The number of benzene rings is 2. The van der Waals surface area contributed by atoms with Crippen LogP contribution in [-0.4, -0.2) is 31.3 Å². The Kier molecular flexibility index (Phi) is 4.77. The van der Waals surface area contributed by atoms with E-state index < -0.39 is 0 Å². The maximum absolute atomic E-state index is 12.9. The van der Waals surface area contributed by atoms with E-state index in [9.17, 15) is 4.79 Å². The second kappa shape index (κ2) is 7.38. The van der Waals surface area contributed by atoms with E-state index in [4.69, 9.17) is 14.0 Å². The van der Waals surface area contributed by atoms with Crippen LogP contribution in [0.3, 0.4) is 0 Å². The Bertz CT molecular complexity index is 1010. The van der Waals surface area contributed by atoms with Crippen molar-refractivity contribution in [2.75, 3.05) is 19.1 Å². The first kappa shape index (κ1) is 18.1. The number of ether oxygens (including phenoxy) is 2. The number of hydrogen-bond donors (Lipinski definition) is 0. The van der Waals surface area contributed by atoms with Crippen molar-refractivity contribution in [1.82, 2.24) is 5.16 Å². The van der Waals surface area contributed by atoms with Gasteiger partial charge in [0.05, 0.1) is 26.3 Å². The number of hydrogen-bond acceptors (Lipinski definition) is 5. The van der Waals surface area contributed by atoms with Crippen molar-refractivity contribution in [3.8, 4) is 22.8 Å². The third kappa shape index (κ3) is 3.22. The van der Waals surface area contributed by atoms with Crippen LogP contribution in [-0.2, 0) is 17.6 Å². The molecule has 28 heavy (non-hydrogen) atoms. The fourth-order valence-corrected chi connectivity index (χ4v) is 3.71. The molecule has 0 radical (unpaired) electrons. The number of carbonyl (C=O) groups excluding carboxylic acids is 1. The van der Waals surface area contributed by atoms with E-state index >= 15 is 0 Å². The summed E-state index contributed by atoms with van der Waals surface area (Å²) in [7, 11) is 3.17. The highest BCUT2D eigenvalue weighted by molar-refractivity contribution is 5.97. The van der Waals surface area contributed by atoms with Gasteiger partial charge in [-0.25, -0.2) is 0 Å². The fourth-order valence-electron chi connectivity index (χ4n) is 3.71. The van der Waals surface area contributed by atoms with Gasteiger partial charge in [0.2, 0.25) is 5.91 Å². The average molecular weight is 378 g/mol. The number of anilines is 1. The highest BCUT2D eigenvalue weighted by atomic mass is 16.5. The molecule has 1 aromatic heterocycles. The van der Waals surface area contributed by atoms with E-state index in [1.807, 2.05) is 41.3 Å². The molecule has 3 aromatic rings. The van der Waals surface area contributed by atoms with Crippen LogP contribution in [0.4, 0.5) is 5.69 Å². The third-order valence-corrected chi connectivity index (χ3v) is 5.04. The number of rotatable bonds is 5. The summed E-state index contributed by atoms with van der Waals surface area (Å²) in [6.45, 7) is 2.07. The largest absolute Gasteiger partial charge is 0.493 e. The molecular weight excluding hydrogens is 356 g/mol. The van der Waals surface area contributed by atoms with Gasteiger partial charge in [-0.1, -0.05) is 23.4 Å². The normalized spacial score (nSPS) is 15.4. The Hall–Kier alpha value is -3.28. The van der Waals surface area contributed by atoms with Gasteiger partial charge in [0, 0.05) is 23.4 Å². The highest BCUT2D eigenvalue weighted by Crippen LogP contribution is 2.34. The SMILES string of the molecule is COc1ccc(-c2cc(CC(=O)N3c4ccccc4CC3C)no2)cc1OC. The summed E-state index contributed by atoms with van der Waals surface area (Å²) < 4.78 is 16.1. The molecule has 2 aromatic carbocycles. The minimum absolute atomic E-state index is 0.0182. The predicted octanol–water partition coefficient (Wildman–Crippen LogP) is 3.88. The van der Waals surface area contributed by atoms with Gasteiger partial charge in [0.1, 0.15) is 0 Å². The maximum Gasteiger partial charge on any atom is 0.233 e. The molecule has 1 aliphatic rings. The van der Waals surface area contributed by atoms with Crippen LogP contribution in [0.15, 0.2) is 53.1 Å². The molecule has 1 atom stereocenters. The summed E-state index contributed by atoms with van der Waals surface area (Å²) in [5.41, 5.74) is 3.60. The maximum atomic E-state index is 12.9. The number of carbonyl (C=O) groups is 1. The molecule has 0 spiro atoms. The molecule has 1 unspecified atom stereocenters. The minimum atomic E-state index is 0.0182. The molecule has 4 rings (SSSR count). The molecule has 0 fully saturated rings. The Balaban J connectivity index is 1.53. The standard InChI is InChI=1S/C22H22N2O4/c1-14-10-15-6-4-5-7-18(15)24(14)22(25)13-17-12-20(28-23-17)16-8-9-19(26-2)21(11-16)27-3/h4-9,11-12,14H,10,13H2,1-3H3. The molecule has 0 saturated carbocycles. The lowest BCUT2D eigenvalue weighted by molar-refractivity contribution is -0.118. The second-order valence-electron chi connectivity index (χ2n) is 6.87. The summed E-state index contributed by atoms with van der Waals surface area (Å²) >= 11 is 0. The summed E-state index contributed by atoms with van der Waals surface area (Å²) in [5.74, 6) is 1.85. The molecule has 0 N–H and O–H groups in total. The van der Waals surface area contributed by atoms with E-state index in [2.05, 4.69) is 18.1 Å². The van der Waals surface area contributed by atoms with Crippen molar-refractivity contribution in [2.45, 2.75) is 25.8 Å². The van der Waals surface area contributed by atoms with Gasteiger partial charge >= 0.3 is 0 Å². The van der Waals surface area contributed by atoms with Crippen molar-refractivity contribution in [2.24, 2.45) is 0 Å². The van der Waals surface area contributed by atoms with Crippen LogP contribution in [0, 0.1) is 0 Å². The lowest BCUT2D eigenvalue weighted by Gasteiger charge is -2.22. The topological polar surface area (TPSA) is 64.8 Å². The van der Waals surface area contributed by atoms with Gasteiger partial charge in [-0.2, -0.15) is 0 Å². The van der Waals surface area contributed by atoms with Gasteiger partial charge in [-0.15, -0.1) is 0 Å². The monoisotopic (exact) mass is 378 g/mol. The average Bonchev–Trinajstić information content (AvgIpc) is 3.30. The molecule has 144 valence electrons. The molecule has 6 nitrogen and oxygen atoms in total. The summed E-state index contributed by atoms with van der Waals surface area (Å²) in [5, 5.41) is 4.09. The summed E-state index contributed by atoms with van der Waals surface area (Å²) in [4.78, 5) is 14.8. The Morgan fingerprint density at radius 1 is 1.14 bits per heavy atom. The number of nitrogens with zero attached hydrogens (tertiary/aromatic N) is 2. The van der Waals surface area contributed by atoms with Gasteiger partial charge in [-0.3, -0.25) is 4.79 Å². The quantitative estimate of drug-likeness (QED) is 0.674. The molecule has 0 aliphatic carbocycles. The van der Waals surface area contributed by atoms with Gasteiger partial charge in [-0.05, 0) is 43.2 Å². The molecule has 0 saturated heterocycles. The van der Waals surface area contributed by atoms with Crippen LogP contribution < -0.4 is 14.4 Å². The molecular formula is C22H22N2O4. The number of fused-ring (bicyclic) bond motifs is 1. The number of para-hydroxylation sites is 1. The third-order valence-electron chi connectivity index (χ3n) is 5.04. The number of methoxy groups -OCH3 is 2. The molecule has 2 heterocycles. The van der Waals surface area contributed by atoms with Crippen molar-refractivity contribution >= 4 is 11.6 Å².